The van der Waals surface area contributed by atoms with Gasteiger partial charge < -0.3 is 20.7 Å². The SMILES string of the molecule is COc1cc(CNC2CCCCC2)ccc1Nc1ncc(C(F)(F)F)c(NCc2ccc(C)cc2N(C)S(C)(=O)=O)n1. The Morgan fingerprint density at radius 1 is 1.07 bits per heavy atom. The third-order valence-electron chi connectivity index (χ3n) is 7.33. The van der Waals surface area contributed by atoms with Crippen molar-refractivity contribution in [3.05, 3.63) is 64.8 Å². The molecule has 1 aliphatic rings. The lowest BCUT2D eigenvalue weighted by Crippen LogP contribution is -2.30. The molecule has 228 valence electrons. The Morgan fingerprint density at radius 3 is 2.48 bits per heavy atom. The van der Waals surface area contributed by atoms with E-state index in [9.17, 15) is 21.6 Å². The highest BCUT2D eigenvalue weighted by Crippen LogP contribution is 2.36. The van der Waals surface area contributed by atoms with Gasteiger partial charge in [0, 0.05) is 32.4 Å². The van der Waals surface area contributed by atoms with Crippen molar-refractivity contribution in [2.75, 3.05) is 35.4 Å². The first-order chi connectivity index (χ1) is 19.8. The molecule has 1 aromatic heterocycles. The normalized spacial score (nSPS) is 14.5. The monoisotopic (exact) mass is 606 g/mol. The molecule has 0 atom stereocenters. The van der Waals surface area contributed by atoms with Crippen molar-refractivity contribution in [2.24, 2.45) is 0 Å². The Labute approximate surface area is 245 Å². The largest absolute Gasteiger partial charge is 0.495 e. The van der Waals surface area contributed by atoms with E-state index in [1.807, 2.05) is 12.1 Å². The van der Waals surface area contributed by atoms with Gasteiger partial charge in [0.1, 0.15) is 17.1 Å². The van der Waals surface area contributed by atoms with Crippen molar-refractivity contribution in [2.45, 2.75) is 64.3 Å². The zero-order valence-electron chi connectivity index (χ0n) is 24.2. The van der Waals surface area contributed by atoms with Crippen LogP contribution in [0.3, 0.4) is 0 Å². The van der Waals surface area contributed by atoms with Gasteiger partial charge in [0.15, 0.2) is 0 Å². The van der Waals surface area contributed by atoms with Gasteiger partial charge in [-0.15, -0.1) is 0 Å². The van der Waals surface area contributed by atoms with Gasteiger partial charge >= 0.3 is 6.18 Å². The number of aromatic nitrogens is 2. The first-order valence-electron chi connectivity index (χ1n) is 13.7. The van der Waals surface area contributed by atoms with Crippen LogP contribution in [0.2, 0.25) is 0 Å². The molecule has 1 aliphatic carbocycles. The van der Waals surface area contributed by atoms with Gasteiger partial charge in [-0.1, -0.05) is 37.5 Å². The van der Waals surface area contributed by atoms with Gasteiger partial charge in [0.25, 0.3) is 0 Å². The Hall–Kier alpha value is -3.58. The molecule has 0 radical (unpaired) electrons. The number of benzene rings is 2. The number of alkyl halides is 3. The highest BCUT2D eigenvalue weighted by Gasteiger charge is 2.35. The minimum absolute atomic E-state index is 0.0609. The second kappa shape index (κ2) is 13.2. The van der Waals surface area contributed by atoms with Crippen molar-refractivity contribution in [1.29, 1.82) is 0 Å². The zero-order chi connectivity index (χ0) is 30.5. The number of anilines is 4. The molecule has 0 unspecified atom stereocenters. The molecule has 0 amide bonds. The molecule has 4 rings (SSSR count). The van der Waals surface area contributed by atoms with Crippen LogP contribution in [0.25, 0.3) is 0 Å². The second-order valence-corrected chi connectivity index (χ2v) is 12.6. The van der Waals surface area contributed by atoms with Gasteiger partial charge in [0.2, 0.25) is 16.0 Å². The highest BCUT2D eigenvalue weighted by atomic mass is 32.2. The summed E-state index contributed by atoms with van der Waals surface area (Å²) in [6.45, 7) is 2.37. The van der Waals surface area contributed by atoms with E-state index in [0.29, 0.717) is 41.5 Å². The lowest BCUT2D eigenvalue weighted by molar-refractivity contribution is -0.137. The minimum atomic E-state index is -4.72. The molecule has 9 nitrogen and oxygen atoms in total. The zero-order valence-corrected chi connectivity index (χ0v) is 25.0. The topological polar surface area (TPSA) is 108 Å². The number of nitrogens with zero attached hydrogens (tertiary/aromatic N) is 3. The van der Waals surface area contributed by atoms with E-state index in [4.69, 9.17) is 4.74 Å². The average molecular weight is 607 g/mol. The van der Waals surface area contributed by atoms with Gasteiger partial charge in [-0.25, -0.2) is 13.4 Å². The molecule has 1 saturated carbocycles. The number of methoxy groups -OCH3 is 1. The molecule has 0 saturated heterocycles. The molecule has 1 fully saturated rings. The number of nitrogens with one attached hydrogen (secondary N) is 3. The molecule has 3 N–H and O–H groups in total. The number of aryl methyl sites for hydroxylation is 1. The Balaban J connectivity index is 1.55. The molecule has 0 bridgehead atoms. The van der Waals surface area contributed by atoms with E-state index < -0.39 is 27.6 Å². The van der Waals surface area contributed by atoms with E-state index >= 15 is 0 Å². The predicted octanol–water partition coefficient (Wildman–Crippen LogP) is 5.99. The molecule has 42 heavy (non-hydrogen) atoms. The number of hydrogen-bond acceptors (Lipinski definition) is 8. The van der Waals surface area contributed by atoms with E-state index in [-0.39, 0.29) is 12.5 Å². The first-order valence-corrected chi connectivity index (χ1v) is 15.6. The summed E-state index contributed by atoms with van der Waals surface area (Å²) < 4.78 is 72.6. The molecule has 0 aliphatic heterocycles. The van der Waals surface area contributed by atoms with E-state index in [1.165, 1.54) is 33.4 Å². The summed E-state index contributed by atoms with van der Waals surface area (Å²) in [4.78, 5) is 8.04. The fourth-order valence-corrected chi connectivity index (χ4v) is 5.42. The summed E-state index contributed by atoms with van der Waals surface area (Å²) in [5.74, 6) is -0.000808. The summed E-state index contributed by atoms with van der Waals surface area (Å²) in [5, 5.41) is 9.29. The third-order valence-corrected chi connectivity index (χ3v) is 8.52. The number of sulfonamides is 1. The molecular formula is C29H37F3N6O3S. The van der Waals surface area contributed by atoms with Crippen molar-refractivity contribution in [3.8, 4) is 5.75 Å². The Bertz CT molecular complexity index is 1490. The van der Waals surface area contributed by atoms with Gasteiger partial charge in [0.05, 0.1) is 24.7 Å². The van der Waals surface area contributed by atoms with Gasteiger partial charge in [-0.3, -0.25) is 4.31 Å². The van der Waals surface area contributed by atoms with Crippen LogP contribution in [-0.2, 0) is 29.3 Å². The average Bonchev–Trinajstić information content (AvgIpc) is 2.95. The maximum Gasteiger partial charge on any atom is 0.421 e. The fourth-order valence-electron chi connectivity index (χ4n) is 4.90. The minimum Gasteiger partial charge on any atom is -0.495 e. The Kier molecular flexibility index (Phi) is 9.82. The van der Waals surface area contributed by atoms with Crippen molar-refractivity contribution >= 4 is 33.2 Å². The summed E-state index contributed by atoms with van der Waals surface area (Å²) in [7, 11) is -0.681. The fraction of sp³-hybridized carbons (Fsp3) is 0.448. The van der Waals surface area contributed by atoms with Crippen molar-refractivity contribution < 1.29 is 26.3 Å². The predicted molar refractivity (Wildman–Crippen MR) is 159 cm³/mol. The number of rotatable bonds is 11. The first kappa shape index (κ1) is 31.4. The molecular weight excluding hydrogens is 569 g/mol. The van der Waals surface area contributed by atoms with Crippen LogP contribution in [-0.4, -0.2) is 44.8 Å². The number of ether oxygens (including phenoxy) is 1. The maximum absolute atomic E-state index is 13.9. The van der Waals surface area contributed by atoms with Gasteiger partial charge in [-0.05, 0) is 54.7 Å². The summed E-state index contributed by atoms with van der Waals surface area (Å²) in [6, 6.07) is 11.2. The molecule has 1 heterocycles. The Morgan fingerprint density at radius 2 is 1.81 bits per heavy atom. The number of halogens is 3. The van der Waals surface area contributed by atoms with Crippen LogP contribution in [0.5, 0.6) is 5.75 Å². The van der Waals surface area contributed by atoms with Crippen LogP contribution >= 0.6 is 0 Å². The standard InChI is InChI=1S/C29H37F3N6O3S/c1-19-10-12-21(25(14-19)38(2)42(4,39)40)17-34-27-23(29(30,31)32)18-35-28(37-27)36-24-13-11-20(15-26(24)41-3)16-33-22-8-6-5-7-9-22/h10-15,18,22,33H,5-9,16-17H2,1-4H3,(H2,34,35,36,37). The molecule has 3 aromatic rings. The quantitative estimate of drug-likeness (QED) is 0.245. The van der Waals surface area contributed by atoms with Crippen LogP contribution in [0.15, 0.2) is 42.6 Å². The summed E-state index contributed by atoms with van der Waals surface area (Å²) >= 11 is 0. The smallest absolute Gasteiger partial charge is 0.421 e. The summed E-state index contributed by atoms with van der Waals surface area (Å²) in [5.41, 5.74) is 2.11. The third kappa shape index (κ3) is 8.03. The van der Waals surface area contributed by atoms with Crippen LogP contribution in [0.4, 0.5) is 36.3 Å². The van der Waals surface area contributed by atoms with E-state index in [0.717, 1.165) is 34.5 Å². The van der Waals surface area contributed by atoms with E-state index in [2.05, 4.69) is 25.9 Å². The lowest BCUT2D eigenvalue weighted by atomic mass is 9.95. The highest BCUT2D eigenvalue weighted by molar-refractivity contribution is 7.92. The summed E-state index contributed by atoms with van der Waals surface area (Å²) in [6.07, 6.45) is 3.13. The number of hydrogen-bond donors (Lipinski definition) is 3. The molecule has 2 aromatic carbocycles. The van der Waals surface area contributed by atoms with Crippen LogP contribution in [0, 0.1) is 6.92 Å². The lowest BCUT2D eigenvalue weighted by Gasteiger charge is -2.23. The van der Waals surface area contributed by atoms with Crippen molar-refractivity contribution in [1.82, 2.24) is 15.3 Å². The van der Waals surface area contributed by atoms with Crippen LogP contribution in [0.1, 0.15) is 54.4 Å². The van der Waals surface area contributed by atoms with Crippen molar-refractivity contribution in [3.63, 3.8) is 0 Å². The molecule has 0 spiro atoms. The van der Waals surface area contributed by atoms with E-state index in [1.54, 1.807) is 31.2 Å². The second-order valence-electron chi connectivity index (χ2n) is 10.5. The maximum atomic E-state index is 13.9. The van der Waals surface area contributed by atoms with Gasteiger partial charge in [-0.2, -0.15) is 18.2 Å². The van der Waals surface area contributed by atoms with Crippen LogP contribution < -0.4 is 25.0 Å². The molecule has 13 heteroatoms.